The van der Waals surface area contributed by atoms with Crippen molar-refractivity contribution < 1.29 is 24.9 Å². The van der Waals surface area contributed by atoms with Gasteiger partial charge in [-0.05, 0) is 47.9 Å². The normalized spacial score (nSPS) is 12.2. The van der Waals surface area contributed by atoms with E-state index in [4.69, 9.17) is 0 Å². The number of rotatable bonds is 7. The lowest BCUT2D eigenvalue weighted by molar-refractivity contribution is -0.142. The van der Waals surface area contributed by atoms with E-state index in [1.807, 2.05) is 18.2 Å². The third kappa shape index (κ3) is 4.43. The van der Waals surface area contributed by atoms with Gasteiger partial charge >= 0.3 is 5.97 Å². The highest BCUT2D eigenvalue weighted by atomic mass is 16.4. The summed E-state index contributed by atoms with van der Waals surface area (Å²) in [5, 5.41) is 31.6. The number of phenols is 2. The molecule has 3 aromatic carbocycles. The molecule has 0 aliphatic carbocycles. The molecule has 0 saturated carbocycles. The molecule has 4 N–H and O–H groups in total. The number of phenolic OH excluding ortho intramolecular Hbond substituents is 2. The number of amides is 1. The zero-order chi connectivity index (χ0) is 21.7. The van der Waals surface area contributed by atoms with E-state index in [1.54, 1.807) is 43.3 Å². The van der Waals surface area contributed by atoms with E-state index in [1.165, 1.54) is 24.3 Å². The molecule has 6 nitrogen and oxygen atoms in total. The zero-order valence-electron chi connectivity index (χ0n) is 16.4. The standard InChI is InChI=1S/C24H23NO5/c1-24(17-7-11-19(26)12-8-17,18-9-13-20(27)14-10-18)23(30)25-21(22(28)29)15-16-5-3-2-4-6-16/h2-14,21,26-27H,15H2,1H3,(H,25,30)(H,28,29)/t21-/m0/s1. The lowest BCUT2D eigenvalue weighted by atomic mass is 9.75. The summed E-state index contributed by atoms with van der Waals surface area (Å²) in [7, 11) is 0. The Hall–Kier alpha value is -3.80. The SMILES string of the molecule is CC(C(=O)N[C@@H](Cc1ccccc1)C(=O)O)(c1ccc(O)cc1)c1ccc(O)cc1. The van der Waals surface area contributed by atoms with Gasteiger partial charge in [-0.3, -0.25) is 4.79 Å². The van der Waals surface area contributed by atoms with Crippen LogP contribution in [-0.2, 0) is 21.4 Å². The molecular weight excluding hydrogens is 382 g/mol. The van der Waals surface area contributed by atoms with Gasteiger partial charge in [0.05, 0.1) is 5.41 Å². The van der Waals surface area contributed by atoms with Gasteiger partial charge in [-0.1, -0.05) is 54.6 Å². The highest BCUT2D eigenvalue weighted by Gasteiger charge is 2.39. The number of aliphatic carboxylic acids is 1. The van der Waals surface area contributed by atoms with Crippen molar-refractivity contribution in [2.24, 2.45) is 0 Å². The number of benzene rings is 3. The highest BCUT2D eigenvalue weighted by molar-refractivity contribution is 5.94. The van der Waals surface area contributed by atoms with Crippen LogP contribution in [0, 0.1) is 0 Å². The van der Waals surface area contributed by atoms with E-state index in [2.05, 4.69) is 5.32 Å². The van der Waals surface area contributed by atoms with Crippen LogP contribution >= 0.6 is 0 Å². The summed E-state index contributed by atoms with van der Waals surface area (Å²) in [6, 6.07) is 20.3. The molecule has 3 aromatic rings. The van der Waals surface area contributed by atoms with Crippen molar-refractivity contribution in [1.29, 1.82) is 0 Å². The molecule has 0 saturated heterocycles. The molecular formula is C24H23NO5. The molecule has 0 fully saturated rings. The minimum Gasteiger partial charge on any atom is -0.508 e. The fourth-order valence-corrected chi connectivity index (χ4v) is 3.37. The third-order valence-electron chi connectivity index (χ3n) is 5.23. The molecule has 0 bridgehead atoms. The molecule has 0 heterocycles. The Labute approximate surface area is 174 Å². The summed E-state index contributed by atoms with van der Waals surface area (Å²) < 4.78 is 0. The summed E-state index contributed by atoms with van der Waals surface area (Å²) in [4.78, 5) is 25.3. The van der Waals surface area contributed by atoms with E-state index in [9.17, 15) is 24.9 Å². The molecule has 0 unspecified atom stereocenters. The van der Waals surface area contributed by atoms with Crippen molar-refractivity contribution in [3.05, 3.63) is 95.6 Å². The second kappa shape index (κ2) is 8.69. The van der Waals surface area contributed by atoms with Gasteiger partial charge in [0, 0.05) is 6.42 Å². The van der Waals surface area contributed by atoms with E-state index in [-0.39, 0.29) is 17.9 Å². The minimum absolute atomic E-state index is 0.0553. The highest BCUT2D eigenvalue weighted by Crippen LogP contribution is 2.34. The van der Waals surface area contributed by atoms with Crippen LogP contribution in [0.3, 0.4) is 0 Å². The molecule has 0 spiro atoms. The van der Waals surface area contributed by atoms with Gasteiger partial charge in [-0.2, -0.15) is 0 Å². The number of nitrogens with one attached hydrogen (secondary N) is 1. The number of hydrogen-bond acceptors (Lipinski definition) is 4. The number of carboxylic acids is 1. The molecule has 6 heteroatoms. The average molecular weight is 405 g/mol. The minimum atomic E-state index is -1.24. The number of aromatic hydroxyl groups is 2. The lowest BCUT2D eigenvalue weighted by Crippen LogP contribution is -2.50. The maximum Gasteiger partial charge on any atom is 0.326 e. The smallest absolute Gasteiger partial charge is 0.326 e. The number of hydrogen-bond donors (Lipinski definition) is 4. The molecule has 154 valence electrons. The molecule has 0 radical (unpaired) electrons. The topological polar surface area (TPSA) is 107 Å². The third-order valence-corrected chi connectivity index (χ3v) is 5.23. The van der Waals surface area contributed by atoms with Gasteiger partial charge in [0.25, 0.3) is 0 Å². The van der Waals surface area contributed by atoms with Crippen LogP contribution in [0.4, 0.5) is 0 Å². The first kappa shape index (κ1) is 20.9. The van der Waals surface area contributed by atoms with Crippen LogP contribution in [0.2, 0.25) is 0 Å². The first-order valence-electron chi connectivity index (χ1n) is 9.47. The van der Waals surface area contributed by atoms with Crippen molar-refractivity contribution in [3.63, 3.8) is 0 Å². The summed E-state index contributed by atoms with van der Waals surface area (Å²) in [6.07, 6.45) is 0.142. The molecule has 30 heavy (non-hydrogen) atoms. The Morgan fingerprint density at radius 2 is 1.30 bits per heavy atom. The maximum atomic E-state index is 13.4. The monoisotopic (exact) mass is 405 g/mol. The van der Waals surface area contributed by atoms with Gasteiger partial charge in [-0.15, -0.1) is 0 Å². The Morgan fingerprint density at radius 3 is 1.73 bits per heavy atom. The van der Waals surface area contributed by atoms with Gasteiger partial charge < -0.3 is 20.6 Å². The second-order valence-electron chi connectivity index (χ2n) is 7.27. The fraction of sp³-hybridized carbons (Fsp3) is 0.167. The predicted octanol–water partition coefficient (Wildman–Crippen LogP) is 3.22. The fourth-order valence-electron chi connectivity index (χ4n) is 3.37. The quantitative estimate of drug-likeness (QED) is 0.483. The van der Waals surface area contributed by atoms with Crippen molar-refractivity contribution >= 4 is 11.9 Å². The van der Waals surface area contributed by atoms with Crippen LogP contribution < -0.4 is 5.32 Å². The van der Waals surface area contributed by atoms with Gasteiger partial charge in [0.15, 0.2) is 0 Å². The second-order valence-corrected chi connectivity index (χ2v) is 7.27. The molecule has 1 atom stereocenters. The maximum absolute atomic E-state index is 13.4. The molecule has 3 rings (SSSR count). The Kier molecular flexibility index (Phi) is 6.06. The van der Waals surface area contributed by atoms with Crippen LogP contribution in [-0.4, -0.2) is 33.2 Å². The Morgan fingerprint density at radius 1 is 0.833 bits per heavy atom. The summed E-state index contributed by atoms with van der Waals surface area (Å²) in [5.41, 5.74) is 0.701. The van der Waals surface area contributed by atoms with Gasteiger partial charge in [0.1, 0.15) is 17.5 Å². The average Bonchev–Trinajstić information content (AvgIpc) is 2.74. The Balaban J connectivity index is 1.97. The van der Waals surface area contributed by atoms with E-state index in [0.717, 1.165) is 5.56 Å². The van der Waals surface area contributed by atoms with Gasteiger partial charge in [-0.25, -0.2) is 4.79 Å². The van der Waals surface area contributed by atoms with Crippen LogP contribution in [0.1, 0.15) is 23.6 Å². The molecule has 0 aliphatic rings. The van der Waals surface area contributed by atoms with E-state index < -0.39 is 23.3 Å². The summed E-state index contributed by atoms with van der Waals surface area (Å²) >= 11 is 0. The molecule has 0 aromatic heterocycles. The van der Waals surface area contributed by atoms with E-state index >= 15 is 0 Å². The predicted molar refractivity (Wildman–Crippen MR) is 112 cm³/mol. The van der Waals surface area contributed by atoms with Crippen molar-refractivity contribution in [2.75, 3.05) is 0 Å². The largest absolute Gasteiger partial charge is 0.508 e. The van der Waals surface area contributed by atoms with Crippen molar-refractivity contribution in [3.8, 4) is 11.5 Å². The zero-order valence-corrected chi connectivity index (χ0v) is 16.4. The first-order chi connectivity index (χ1) is 14.3. The van der Waals surface area contributed by atoms with Crippen LogP contribution in [0.5, 0.6) is 11.5 Å². The summed E-state index contributed by atoms with van der Waals surface area (Å²) in [6.45, 7) is 1.68. The van der Waals surface area contributed by atoms with Crippen LogP contribution in [0.25, 0.3) is 0 Å². The van der Waals surface area contributed by atoms with E-state index in [0.29, 0.717) is 11.1 Å². The number of carboxylic acid groups (broad SMARTS) is 1. The lowest BCUT2D eigenvalue weighted by Gasteiger charge is -2.31. The first-order valence-corrected chi connectivity index (χ1v) is 9.47. The number of carbonyl (C=O) groups excluding carboxylic acids is 1. The van der Waals surface area contributed by atoms with Crippen molar-refractivity contribution in [2.45, 2.75) is 24.8 Å². The molecule has 0 aliphatic heterocycles. The number of carbonyl (C=O) groups is 2. The Bertz CT molecular complexity index is 968. The van der Waals surface area contributed by atoms with Crippen LogP contribution in [0.15, 0.2) is 78.9 Å². The van der Waals surface area contributed by atoms with Gasteiger partial charge in [0.2, 0.25) is 5.91 Å². The molecule has 1 amide bonds. The summed E-state index contributed by atoms with van der Waals surface area (Å²) in [5.74, 6) is -1.52. The van der Waals surface area contributed by atoms with Crippen molar-refractivity contribution in [1.82, 2.24) is 5.32 Å².